The Morgan fingerprint density at radius 2 is 2.00 bits per heavy atom. The number of furan rings is 1. The van der Waals surface area contributed by atoms with Crippen LogP contribution in [-0.4, -0.2) is 41.8 Å². The van der Waals surface area contributed by atoms with Crippen LogP contribution >= 0.6 is 27.7 Å². The van der Waals surface area contributed by atoms with Crippen molar-refractivity contribution >= 4 is 39.5 Å². The highest BCUT2D eigenvalue weighted by atomic mass is 79.9. The van der Waals surface area contributed by atoms with Gasteiger partial charge in [-0.15, -0.1) is 0 Å². The highest BCUT2D eigenvalue weighted by Crippen LogP contribution is 2.17. The van der Waals surface area contributed by atoms with Crippen LogP contribution in [0.15, 0.2) is 45.3 Å². The van der Waals surface area contributed by atoms with E-state index in [1.807, 2.05) is 31.4 Å². The number of nitrogens with one attached hydrogen (secondary N) is 1. The molecule has 0 aliphatic carbocycles. The Labute approximate surface area is 166 Å². The van der Waals surface area contributed by atoms with E-state index in [1.165, 1.54) is 0 Å². The third-order valence-corrected chi connectivity index (χ3v) is 5.23. The Kier molecular flexibility index (Phi) is 7.78. The lowest BCUT2D eigenvalue weighted by Gasteiger charge is -2.24. The number of carbonyl (C=O) groups excluding carboxylic acids is 2. The Morgan fingerprint density at radius 3 is 2.62 bits per heavy atom. The van der Waals surface area contributed by atoms with Crippen molar-refractivity contribution in [3.8, 4) is 0 Å². The predicted molar refractivity (Wildman–Crippen MR) is 108 cm³/mol. The number of likely N-dealkylation sites (N-methyl/N-ethyl adjacent to an activating group) is 1. The van der Waals surface area contributed by atoms with Gasteiger partial charge >= 0.3 is 0 Å². The van der Waals surface area contributed by atoms with Gasteiger partial charge in [0.2, 0.25) is 5.91 Å². The van der Waals surface area contributed by atoms with Gasteiger partial charge in [-0.3, -0.25) is 9.59 Å². The van der Waals surface area contributed by atoms with Crippen LogP contribution in [-0.2, 0) is 11.3 Å². The van der Waals surface area contributed by atoms with Crippen molar-refractivity contribution < 1.29 is 14.0 Å². The zero-order valence-corrected chi connectivity index (χ0v) is 17.5. The first-order chi connectivity index (χ1) is 12.4. The second kappa shape index (κ2) is 9.83. The molecule has 0 fully saturated rings. The topological polar surface area (TPSA) is 62.6 Å². The summed E-state index contributed by atoms with van der Waals surface area (Å²) < 4.78 is 6.24. The predicted octanol–water partition coefficient (Wildman–Crippen LogP) is 3.86. The Hall–Kier alpha value is -1.73. The molecule has 1 N–H and O–H groups in total. The molecule has 1 aromatic carbocycles. The fourth-order valence-electron chi connectivity index (χ4n) is 2.52. The molecule has 0 bridgehead atoms. The molecule has 1 heterocycles. The maximum atomic E-state index is 12.9. The molecule has 2 amide bonds. The summed E-state index contributed by atoms with van der Waals surface area (Å²) in [6.45, 7) is 2.23. The number of nitrogens with zero attached hydrogens (tertiary/aromatic N) is 1. The lowest BCUT2D eigenvalue weighted by atomic mass is 10.1. The zero-order chi connectivity index (χ0) is 19.1. The van der Waals surface area contributed by atoms with E-state index >= 15 is 0 Å². The largest absolute Gasteiger partial charge is 0.464 e. The molecule has 1 atom stereocenters. The molecule has 7 heteroatoms. The van der Waals surface area contributed by atoms with Crippen molar-refractivity contribution in [2.75, 3.05) is 19.1 Å². The van der Waals surface area contributed by atoms with E-state index in [-0.39, 0.29) is 11.8 Å². The van der Waals surface area contributed by atoms with Crippen LogP contribution < -0.4 is 5.32 Å². The first-order valence-corrected chi connectivity index (χ1v) is 10.5. The number of hydrogen-bond donors (Lipinski definition) is 1. The molecule has 26 heavy (non-hydrogen) atoms. The minimum Gasteiger partial charge on any atom is -0.464 e. The molecule has 2 rings (SSSR count). The maximum absolute atomic E-state index is 12.9. The molecule has 0 radical (unpaired) electrons. The van der Waals surface area contributed by atoms with E-state index < -0.39 is 6.04 Å². The van der Waals surface area contributed by atoms with Crippen LogP contribution in [0.1, 0.15) is 28.3 Å². The lowest BCUT2D eigenvalue weighted by Crippen LogP contribution is -2.47. The summed E-state index contributed by atoms with van der Waals surface area (Å²) in [5.74, 6) is 1.91. The van der Waals surface area contributed by atoms with Gasteiger partial charge in [0.15, 0.2) is 0 Å². The minimum atomic E-state index is -0.580. The average molecular weight is 439 g/mol. The monoisotopic (exact) mass is 438 g/mol. The first-order valence-electron chi connectivity index (χ1n) is 8.27. The summed E-state index contributed by atoms with van der Waals surface area (Å²) in [6, 6.07) is 10.3. The first kappa shape index (κ1) is 20.6. The van der Waals surface area contributed by atoms with Crippen molar-refractivity contribution in [1.29, 1.82) is 0 Å². The summed E-state index contributed by atoms with van der Waals surface area (Å²) >= 11 is 5.02. The molecule has 0 saturated heterocycles. The quantitative estimate of drug-likeness (QED) is 0.679. The number of thioether (sulfide) groups is 1. The molecule has 0 aliphatic rings. The van der Waals surface area contributed by atoms with E-state index in [0.717, 1.165) is 17.3 Å². The van der Waals surface area contributed by atoms with Gasteiger partial charge in [0.05, 0.1) is 12.1 Å². The van der Waals surface area contributed by atoms with E-state index in [0.29, 0.717) is 23.0 Å². The van der Waals surface area contributed by atoms with Crippen molar-refractivity contribution in [2.24, 2.45) is 0 Å². The van der Waals surface area contributed by atoms with Gasteiger partial charge in [0.25, 0.3) is 5.91 Å². The van der Waals surface area contributed by atoms with Crippen LogP contribution in [0.4, 0.5) is 0 Å². The number of benzene rings is 1. The summed E-state index contributed by atoms with van der Waals surface area (Å²) in [6.07, 6.45) is 2.55. The molecule has 0 saturated carbocycles. The molecule has 2 aromatic rings. The normalized spacial score (nSPS) is 11.8. The zero-order valence-electron chi connectivity index (χ0n) is 15.1. The molecule has 5 nitrogen and oxygen atoms in total. The lowest BCUT2D eigenvalue weighted by molar-refractivity contribution is -0.132. The summed E-state index contributed by atoms with van der Waals surface area (Å²) in [5, 5.41) is 2.88. The number of carbonyl (C=O) groups is 2. The summed E-state index contributed by atoms with van der Waals surface area (Å²) in [4.78, 5) is 27.0. The molecule has 0 spiro atoms. The van der Waals surface area contributed by atoms with Crippen molar-refractivity contribution in [2.45, 2.75) is 25.9 Å². The number of amides is 2. The van der Waals surface area contributed by atoms with Gasteiger partial charge in [-0.2, -0.15) is 11.8 Å². The van der Waals surface area contributed by atoms with Crippen LogP contribution in [0.25, 0.3) is 0 Å². The fourth-order valence-corrected chi connectivity index (χ4v) is 3.46. The standard InChI is InChI=1S/C19H23BrN2O3S/c1-13-8-9-14(25-13)12-22(2)19(24)17(10-11-26-3)21-18(23)15-6-4-5-7-16(15)20/h4-9,17H,10-12H2,1-3H3,(H,21,23). The van der Waals surface area contributed by atoms with Crippen molar-refractivity contribution in [1.82, 2.24) is 10.2 Å². The number of halogens is 1. The third kappa shape index (κ3) is 5.64. The van der Waals surface area contributed by atoms with Crippen molar-refractivity contribution in [3.05, 3.63) is 58.0 Å². The second-order valence-electron chi connectivity index (χ2n) is 5.99. The van der Waals surface area contributed by atoms with Gasteiger partial charge < -0.3 is 14.6 Å². The Morgan fingerprint density at radius 1 is 1.27 bits per heavy atom. The third-order valence-electron chi connectivity index (χ3n) is 3.90. The van der Waals surface area contributed by atoms with Gasteiger partial charge in [-0.1, -0.05) is 12.1 Å². The fraction of sp³-hybridized carbons (Fsp3) is 0.368. The van der Waals surface area contributed by atoms with Gasteiger partial charge in [0, 0.05) is 11.5 Å². The molecule has 1 unspecified atom stereocenters. The van der Waals surface area contributed by atoms with Crippen LogP contribution in [0.2, 0.25) is 0 Å². The Bertz CT molecular complexity index is 763. The number of aryl methyl sites for hydroxylation is 1. The molecular formula is C19H23BrN2O3S. The number of rotatable bonds is 8. The second-order valence-corrected chi connectivity index (χ2v) is 7.83. The van der Waals surface area contributed by atoms with Gasteiger partial charge in [0.1, 0.15) is 17.6 Å². The van der Waals surface area contributed by atoms with E-state index in [2.05, 4.69) is 21.2 Å². The maximum Gasteiger partial charge on any atom is 0.253 e. The minimum absolute atomic E-state index is 0.131. The smallest absolute Gasteiger partial charge is 0.253 e. The molecule has 0 aliphatic heterocycles. The van der Waals surface area contributed by atoms with Crippen LogP contribution in [0.5, 0.6) is 0 Å². The van der Waals surface area contributed by atoms with E-state index in [9.17, 15) is 9.59 Å². The van der Waals surface area contributed by atoms with Crippen LogP contribution in [0.3, 0.4) is 0 Å². The molecule has 140 valence electrons. The Balaban J connectivity index is 2.08. The summed E-state index contributed by atoms with van der Waals surface area (Å²) in [5.41, 5.74) is 0.513. The van der Waals surface area contributed by atoms with Crippen LogP contribution in [0, 0.1) is 6.92 Å². The molecule has 1 aromatic heterocycles. The highest BCUT2D eigenvalue weighted by molar-refractivity contribution is 9.10. The van der Waals surface area contributed by atoms with Crippen molar-refractivity contribution in [3.63, 3.8) is 0 Å². The average Bonchev–Trinajstić information content (AvgIpc) is 3.02. The summed E-state index contributed by atoms with van der Waals surface area (Å²) in [7, 11) is 1.72. The number of hydrogen-bond acceptors (Lipinski definition) is 4. The SMILES string of the molecule is CSCCC(NC(=O)c1ccccc1Br)C(=O)N(C)Cc1ccc(C)o1. The highest BCUT2D eigenvalue weighted by Gasteiger charge is 2.25. The van der Waals surface area contributed by atoms with Gasteiger partial charge in [-0.25, -0.2) is 0 Å². The van der Waals surface area contributed by atoms with E-state index in [1.54, 1.807) is 41.9 Å². The van der Waals surface area contributed by atoms with Gasteiger partial charge in [-0.05, 0) is 65.5 Å². The molecular weight excluding hydrogens is 416 g/mol. The van der Waals surface area contributed by atoms with E-state index in [4.69, 9.17) is 4.42 Å².